The van der Waals surface area contributed by atoms with Crippen LogP contribution < -0.4 is 4.74 Å². The fourth-order valence-electron chi connectivity index (χ4n) is 4.37. The van der Waals surface area contributed by atoms with E-state index in [9.17, 15) is 14.3 Å². The average molecular weight is 459 g/mol. The summed E-state index contributed by atoms with van der Waals surface area (Å²) in [6, 6.07) is 17.5. The fourth-order valence-corrected chi connectivity index (χ4v) is 4.37. The highest BCUT2D eigenvalue weighted by Crippen LogP contribution is 2.44. The van der Waals surface area contributed by atoms with E-state index in [4.69, 9.17) is 19.6 Å². The van der Waals surface area contributed by atoms with E-state index in [-0.39, 0.29) is 28.9 Å². The number of carbonyl (C=O) groups is 1. The van der Waals surface area contributed by atoms with Crippen LogP contribution in [0.4, 0.5) is 4.39 Å². The first-order chi connectivity index (χ1) is 16.5. The zero-order valence-corrected chi connectivity index (χ0v) is 18.2. The SMILES string of the molecule is O=C(O)c1ccc(Oc2nc(C3CCOCC3)c(-c3ccc(F)cc3)c3cccc(O)c23)cc1. The summed E-state index contributed by atoms with van der Waals surface area (Å²) in [6.45, 7) is 1.22. The molecule has 1 aliphatic heterocycles. The van der Waals surface area contributed by atoms with Gasteiger partial charge in [0.1, 0.15) is 17.3 Å². The largest absolute Gasteiger partial charge is 0.507 e. The number of nitrogens with zero attached hydrogens (tertiary/aromatic N) is 1. The van der Waals surface area contributed by atoms with Crippen LogP contribution in [-0.2, 0) is 4.74 Å². The lowest BCUT2D eigenvalue weighted by molar-refractivity contribution is 0.0697. The summed E-state index contributed by atoms with van der Waals surface area (Å²) in [4.78, 5) is 16.1. The van der Waals surface area contributed by atoms with E-state index in [0.29, 0.717) is 24.3 Å². The molecule has 4 aromatic rings. The molecule has 0 aliphatic carbocycles. The Kier molecular flexibility index (Phi) is 5.86. The molecule has 34 heavy (non-hydrogen) atoms. The van der Waals surface area contributed by atoms with Crippen LogP contribution in [0.2, 0.25) is 0 Å². The van der Waals surface area contributed by atoms with E-state index in [1.54, 1.807) is 36.4 Å². The molecule has 0 saturated carbocycles. The number of ether oxygens (including phenoxy) is 2. The van der Waals surface area contributed by atoms with Crippen molar-refractivity contribution in [2.75, 3.05) is 13.2 Å². The van der Waals surface area contributed by atoms with Gasteiger partial charge in [0.15, 0.2) is 0 Å². The van der Waals surface area contributed by atoms with Crippen molar-refractivity contribution in [1.29, 1.82) is 0 Å². The molecule has 2 N–H and O–H groups in total. The standard InChI is InChI=1S/C27H22FNO5/c28-19-8-4-16(5-9-19)23-21-2-1-3-22(30)24(21)26(29-25(23)17-12-14-33-15-13-17)34-20-10-6-18(7-11-20)27(31)32/h1-11,17,30H,12-15H2,(H,31,32). The van der Waals surface area contributed by atoms with Gasteiger partial charge in [-0.25, -0.2) is 14.2 Å². The number of carboxylic acid groups (broad SMARTS) is 1. The summed E-state index contributed by atoms with van der Waals surface area (Å²) in [6.07, 6.45) is 1.55. The van der Waals surface area contributed by atoms with Gasteiger partial charge in [0, 0.05) is 30.1 Å². The quantitative estimate of drug-likeness (QED) is 0.373. The summed E-state index contributed by atoms with van der Waals surface area (Å²) in [7, 11) is 0. The molecule has 172 valence electrons. The molecule has 0 amide bonds. The number of phenolic OH excluding ortho intramolecular Hbond substituents is 1. The van der Waals surface area contributed by atoms with E-state index in [1.807, 2.05) is 6.07 Å². The molecular weight excluding hydrogens is 437 g/mol. The number of rotatable bonds is 5. The van der Waals surface area contributed by atoms with Gasteiger partial charge < -0.3 is 19.7 Å². The number of aromatic carboxylic acids is 1. The summed E-state index contributed by atoms with van der Waals surface area (Å²) >= 11 is 0. The Morgan fingerprint density at radius 3 is 2.38 bits per heavy atom. The van der Waals surface area contributed by atoms with Crippen LogP contribution in [0.25, 0.3) is 21.9 Å². The number of phenols is 1. The molecule has 0 atom stereocenters. The lowest BCUT2D eigenvalue weighted by Crippen LogP contribution is -2.16. The lowest BCUT2D eigenvalue weighted by atomic mass is 9.87. The van der Waals surface area contributed by atoms with Gasteiger partial charge in [0.25, 0.3) is 0 Å². The smallest absolute Gasteiger partial charge is 0.335 e. The first-order valence-electron chi connectivity index (χ1n) is 11.0. The van der Waals surface area contributed by atoms with E-state index in [0.717, 1.165) is 35.0 Å². The molecule has 6 nitrogen and oxygen atoms in total. The van der Waals surface area contributed by atoms with Crippen molar-refractivity contribution in [3.05, 3.63) is 83.8 Å². The van der Waals surface area contributed by atoms with Crippen LogP contribution in [0.15, 0.2) is 66.7 Å². The van der Waals surface area contributed by atoms with Gasteiger partial charge in [-0.2, -0.15) is 0 Å². The Bertz CT molecular complexity index is 1350. The first kappa shape index (κ1) is 21.9. The molecule has 3 aromatic carbocycles. The van der Waals surface area contributed by atoms with Crippen molar-refractivity contribution in [3.8, 4) is 28.5 Å². The summed E-state index contributed by atoms with van der Waals surface area (Å²) < 4.78 is 25.3. The monoisotopic (exact) mass is 459 g/mol. The molecule has 2 heterocycles. The van der Waals surface area contributed by atoms with Crippen LogP contribution in [0, 0.1) is 5.82 Å². The first-order valence-corrected chi connectivity index (χ1v) is 11.0. The fraction of sp³-hybridized carbons (Fsp3) is 0.185. The van der Waals surface area contributed by atoms with E-state index in [2.05, 4.69) is 0 Å². The number of benzene rings is 3. The molecule has 0 bridgehead atoms. The second-order valence-electron chi connectivity index (χ2n) is 8.20. The van der Waals surface area contributed by atoms with Gasteiger partial charge in [-0.15, -0.1) is 0 Å². The van der Waals surface area contributed by atoms with Gasteiger partial charge in [0.05, 0.1) is 16.6 Å². The lowest BCUT2D eigenvalue weighted by Gasteiger charge is -2.26. The number of hydrogen-bond donors (Lipinski definition) is 2. The minimum absolute atomic E-state index is 0.00375. The molecule has 1 aromatic heterocycles. The van der Waals surface area contributed by atoms with Crippen LogP contribution in [0.1, 0.15) is 34.8 Å². The highest BCUT2D eigenvalue weighted by atomic mass is 19.1. The number of aromatic nitrogens is 1. The maximum absolute atomic E-state index is 13.7. The van der Waals surface area contributed by atoms with Gasteiger partial charge in [-0.05, 0) is 60.9 Å². The van der Waals surface area contributed by atoms with Gasteiger partial charge in [-0.1, -0.05) is 24.3 Å². The Morgan fingerprint density at radius 1 is 1.00 bits per heavy atom. The molecule has 0 radical (unpaired) electrons. The van der Waals surface area contributed by atoms with Crippen molar-refractivity contribution in [2.45, 2.75) is 18.8 Å². The third kappa shape index (κ3) is 4.18. The molecular formula is C27H22FNO5. The van der Waals surface area contributed by atoms with Crippen molar-refractivity contribution in [2.24, 2.45) is 0 Å². The highest BCUT2D eigenvalue weighted by Gasteiger charge is 2.26. The molecule has 7 heteroatoms. The number of carboxylic acids is 1. The zero-order chi connectivity index (χ0) is 23.7. The average Bonchev–Trinajstić information content (AvgIpc) is 2.85. The number of hydrogen-bond acceptors (Lipinski definition) is 5. The Morgan fingerprint density at radius 2 is 1.71 bits per heavy atom. The number of aromatic hydroxyl groups is 1. The minimum Gasteiger partial charge on any atom is -0.507 e. The predicted molar refractivity (Wildman–Crippen MR) is 125 cm³/mol. The maximum Gasteiger partial charge on any atom is 0.335 e. The van der Waals surface area contributed by atoms with Crippen LogP contribution in [0.5, 0.6) is 17.4 Å². The van der Waals surface area contributed by atoms with Crippen molar-refractivity contribution in [3.63, 3.8) is 0 Å². The van der Waals surface area contributed by atoms with Crippen LogP contribution in [-0.4, -0.2) is 34.4 Å². The molecule has 1 aliphatic rings. The second kappa shape index (κ2) is 9.11. The van der Waals surface area contributed by atoms with Crippen LogP contribution >= 0.6 is 0 Å². The second-order valence-corrected chi connectivity index (χ2v) is 8.20. The third-order valence-corrected chi connectivity index (χ3v) is 6.06. The van der Waals surface area contributed by atoms with E-state index in [1.165, 1.54) is 24.3 Å². The number of pyridine rings is 1. The Labute approximate surface area is 195 Å². The van der Waals surface area contributed by atoms with Gasteiger partial charge in [-0.3, -0.25) is 0 Å². The molecule has 0 spiro atoms. The Balaban J connectivity index is 1.72. The third-order valence-electron chi connectivity index (χ3n) is 6.06. The predicted octanol–water partition coefficient (Wildman–Crippen LogP) is 6.13. The zero-order valence-electron chi connectivity index (χ0n) is 18.2. The van der Waals surface area contributed by atoms with Crippen molar-refractivity contribution in [1.82, 2.24) is 4.98 Å². The van der Waals surface area contributed by atoms with Gasteiger partial charge in [0.2, 0.25) is 5.88 Å². The normalized spacial score (nSPS) is 14.3. The topological polar surface area (TPSA) is 88.9 Å². The molecule has 1 fully saturated rings. The number of fused-ring (bicyclic) bond motifs is 1. The Hall–Kier alpha value is -3.97. The van der Waals surface area contributed by atoms with E-state index < -0.39 is 5.97 Å². The summed E-state index contributed by atoms with van der Waals surface area (Å²) in [5.74, 6) is -0.640. The summed E-state index contributed by atoms with van der Waals surface area (Å²) in [5, 5.41) is 21.1. The minimum atomic E-state index is -1.03. The molecule has 1 saturated heterocycles. The molecule has 0 unspecified atom stereocenters. The molecule has 5 rings (SSSR count). The number of halogens is 1. The highest BCUT2D eigenvalue weighted by molar-refractivity contribution is 6.03. The van der Waals surface area contributed by atoms with Crippen molar-refractivity contribution >= 4 is 16.7 Å². The van der Waals surface area contributed by atoms with Crippen molar-refractivity contribution < 1.29 is 28.9 Å². The van der Waals surface area contributed by atoms with Crippen LogP contribution in [0.3, 0.4) is 0 Å². The van der Waals surface area contributed by atoms with E-state index >= 15 is 0 Å². The summed E-state index contributed by atoms with van der Waals surface area (Å²) in [5.41, 5.74) is 2.56. The maximum atomic E-state index is 13.7. The van der Waals surface area contributed by atoms with Gasteiger partial charge >= 0.3 is 5.97 Å².